The zero-order valence-electron chi connectivity index (χ0n) is 14.9. The summed E-state index contributed by atoms with van der Waals surface area (Å²) >= 11 is 0. The third kappa shape index (κ3) is 5.72. The second-order valence-corrected chi connectivity index (χ2v) is 6.46. The minimum Gasteiger partial charge on any atom is -0.374 e. The van der Waals surface area contributed by atoms with E-state index < -0.39 is 0 Å². The summed E-state index contributed by atoms with van der Waals surface area (Å²) in [6, 6.07) is 0. The molecule has 138 valence electrons. The van der Waals surface area contributed by atoms with Crippen molar-refractivity contribution < 1.29 is 14.1 Å². The van der Waals surface area contributed by atoms with E-state index in [0.717, 1.165) is 13.1 Å². The third-order valence-electron chi connectivity index (χ3n) is 4.64. The lowest BCUT2D eigenvalue weighted by Crippen LogP contribution is -2.36. The van der Waals surface area contributed by atoms with Gasteiger partial charge < -0.3 is 19.5 Å². The van der Waals surface area contributed by atoms with Crippen LogP contribution in [0.5, 0.6) is 0 Å². The monoisotopic (exact) mass is 360 g/mol. The van der Waals surface area contributed by atoms with Gasteiger partial charge in [0.15, 0.2) is 5.82 Å². The molecule has 0 radical (unpaired) electrons. The summed E-state index contributed by atoms with van der Waals surface area (Å²) in [6.45, 7) is 6.45. The Balaban J connectivity index is 0.00000288. The average molecular weight is 361 g/mol. The van der Waals surface area contributed by atoms with Crippen molar-refractivity contribution in [2.75, 3.05) is 27.2 Å². The fourth-order valence-electron chi connectivity index (χ4n) is 2.86. The van der Waals surface area contributed by atoms with Crippen molar-refractivity contribution in [1.82, 2.24) is 20.4 Å². The first kappa shape index (κ1) is 20.9. The smallest absolute Gasteiger partial charge is 0.246 e. The molecule has 1 N–H and O–H groups in total. The molecule has 0 saturated carbocycles. The molecule has 7 nitrogen and oxygen atoms in total. The van der Waals surface area contributed by atoms with Crippen LogP contribution >= 0.6 is 12.4 Å². The van der Waals surface area contributed by atoms with Gasteiger partial charge in [0.1, 0.15) is 6.10 Å². The van der Waals surface area contributed by atoms with E-state index in [1.807, 2.05) is 6.92 Å². The standard InChI is InChI=1S/C16H28N4O3.ClH/c1-11(13-6-5-7-17-9-13)8-15(21)20(3)10-14-18-16(19-23-14)12(2)22-4;/h11-13,17H,5-10H2,1-4H3;1H. The minimum atomic E-state index is -0.215. The van der Waals surface area contributed by atoms with E-state index >= 15 is 0 Å². The number of ether oxygens (including phenoxy) is 1. The van der Waals surface area contributed by atoms with Gasteiger partial charge in [-0.25, -0.2) is 0 Å². The number of rotatable bonds is 7. The predicted molar refractivity (Wildman–Crippen MR) is 92.8 cm³/mol. The number of carbonyl (C=O) groups excluding carboxylic acids is 1. The highest BCUT2D eigenvalue weighted by Gasteiger charge is 2.24. The maximum absolute atomic E-state index is 12.4. The Morgan fingerprint density at radius 3 is 2.88 bits per heavy atom. The lowest BCUT2D eigenvalue weighted by Gasteiger charge is -2.29. The summed E-state index contributed by atoms with van der Waals surface area (Å²) in [5.41, 5.74) is 0. The SMILES string of the molecule is COC(C)c1noc(CN(C)C(=O)CC(C)C2CCCNC2)n1.Cl. The Bertz CT molecular complexity index is 505. The second-order valence-electron chi connectivity index (χ2n) is 6.46. The Hall–Kier alpha value is -1.18. The summed E-state index contributed by atoms with van der Waals surface area (Å²) in [4.78, 5) is 18.3. The van der Waals surface area contributed by atoms with Crippen LogP contribution in [0.4, 0.5) is 0 Å². The van der Waals surface area contributed by atoms with E-state index in [4.69, 9.17) is 9.26 Å². The van der Waals surface area contributed by atoms with E-state index in [0.29, 0.717) is 36.5 Å². The molecule has 1 aliphatic heterocycles. The van der Waals surface area contributed by atoms with Crippen LogP contribution in [-0.4, -0.2) is 48.2 Å². The van der Waals surface area contributed by atoms with Crippen molar-refractivity contribution in [2.24, 2.45) is 11.8 Å². The Morgan fingerprint density at radius 2 is 2.25 bits per heavy atom. The molecule has 1 aliphatic rings. The zero-order valence-corrected chi connectivity index (χ0v) is 15.8. The van der Waals surface area contributed by atoms with Crippen molar-refractivity contribution in [3.63, 3.8) is 0 Å². The second kappa shape index (κ2) is 9.96. The fourth-order valence-corrected chi connectivity index (χ4v) is 2.86. The highest BCUT2D eigenvalue weighted by Crippen LogP contribution is 2.23. The molecule has 1 fully saturated rings. The molecule has 3 atom stereocenters. The molecule has 2 heterocycles. The van der Waals surface area contributed by atoms with Gasteiger partial charge in [-0.1, -0.05) is 12.1 Å². The van der Waals surface area contributed by atoms with E-state index in [-0.39, 0.29) is 24.4 Å². The largest absolute Gasteiger partial charge is 0.374 e. The van der Waals surface area contributed by atoms with Crippen LogP contribution in [0.2, 0.25) is 0 Å². The lowest BCUT2D eigenvalue weighted by molar-refractivity contribution is -0.132. The lowest BCUT2D eigenvalue weighted by atomic mass is 9.85. The molecule has 1 amide bonds. The van der Waals surface area contributed by atoms with E-state index in [9.17, 15) is 4.79 Å². The summed E-state index contributed by atoms with van der Waals surface area (Å²) in [5, 5.41) is 7.28. The number of piperidine rings is 1. The van der Waals surface area contributed by atoms with Crippen molar-refractivity contribution >= 4 is 18.3 Å². The quantitative estimate of drug-likeness (QED) is 0.802. The Morgan fingerprint density at radius 1 is 1.50 bits per heavy atom. The summed E-state index contributed by atoms with van der Waals surface area (Å²) in [5.74, 6) is 2.02. The number of aromatic nitrogens is 2. The topological polar surface area (TPSA) is 80.5 Å². The predicted octanol–water partition coefficient (Wildman–Crippen LogP) is 2.18. The maximum Gasteiger partial charge on any atom is 0.246 e. The van der Waals surface area contributed by atoms with Crippen LogP contribution in [-0.2, 0) is 16.1 Å². The zero-order chi connectivity index (χ0) is 16.8. The molecule has 0 spiro atoms. The van der Waals surface area contributed by atoms with Crippen LogP contribution in [0.15, 0.2) is 4.52 Å². The van der Waals surface area contributed by atoms with E-state index in [1.165, 1.54) is 12.8 Å². The van der Waals surface area contributed by atoms with Crippen LogP contribution in [0.1, 0.15) is 50.9 Å². The fraction of sp³-hybridized carbons (Fsp3) is 0.812. The van der Waals surface area contributed by atoms with Gasteiger partial charge in [0.2, 0.25) is 11.8 Å². The normalized spacial score (nSPS) is 20.1. The van der Waals surface area contributed by atoms with Crippen LogP contribution in [0.3, 0.4) is 0 Å². The van der Waals surface area contributed by atoms with Gasteiger partial charge in [-0.3, -0.25) is 4.79 Å². The third-order valence-corrected chi connectivity index (χ3v) is 4.64. The number of carbonyl (C=O) groups is 1. The van der Waals surface area contributed by atoms with Gasteiger partial charge in [-0.05, 0) is 44.7 Å². The molecule has 0 aliphatic carbocycles. The van der Waals surface area contributed by atoms with Gasteiger partial charge in [0, 0.05) is 20.6 Å². The van der Waals surface area contributed by atoms with E-state index in [1.54, 1.807) is 19.1 Å². The number of hydrogen-bond acceptors (Lipinski definition) is 6. The number of nitrogens with zero attached hydrogens (tertiary/aromatic N) is 3. The maximum atomic E-state index is 12.4. The number of hydrogen-bond donors (Lipinski definition) is 1. The Labute approximate surface area is 149 Å². The van der Waals surface area contributed by atoms with Gasteiger partial charge in [-0.2, -0.15) is 4.98 Å². The average Bonchev–Trinajstić information content (AvgIpc) is 3.03. The van der Waals surface area contributed by atoms with Crippen molar-refractivity contribution in [3.05, 3.63) is 11.7 Å². The molecule has 0 bridgehead atoms. The molecule has 0 aromatic carbocycles. The first-order valence-electron chi connectivity index (χ1n) is 8.31. The molecule has 8 heteroatoms. The molecular weight excluding hydrogens is 332 g/mol. The van der Waals surface area contributed by atoms with Crippen LogP contribution < -0.4 is 5.32 Å². The van der Waals surface area contributed by atoms with Crippen LogP contribution in [0, 0.1) is 11.8 Å². The van der Waals surface area contributed by atoms with E-state index in [2.05, 4.69) is 22.4 Å². The minimum absolute atomic E-state index is 0. The molecular formula is C16H29ClN4O3. The number of halogens is 1. The number of nitrogens with one attached hydrogen (secondary N) is 1. The first-order valence-corrected chi connectivity index (χ1v) is 8.31. The first-order chi connectivity index (χ1) is 11.0. The summed E-state index contributed by atoms with van der Waals surface area (Å²) in [7, 11) is 3.37. The summed E-state index contributed by atoms with van der Waals surface area (Å²) in [6.07, 6.45) is 2.74. The Kier molecular flexibility index (Phi) is 8.66. The van der Waals surface area contributed by atoms with Crippen molar-refractivity contribution in [2.45, 2.75) is 45.8 Å². The van der Waals surface area contributed by atoms with Gasteiger partial charge in [0.05, 0.1) is 6.54 Å². The van der Waals surface area contributed by atoms with Crippen LogP contribution in [0.25, 0.3) is 0 Å². The highest BCUT2D eigenvalue weighted by molar-refractivity contribution is 5.85. The number of amides is 1. The van der Waals surface area contributed by atoms with Crippen molar-refractivity contribution in [3.8, 4) is 0 Å². The number of methoxy groups -OCH3 is 1. The van der Waals surface area contributed by atoms with Gasteiger partial charge in [0.25, 0.3) is 0 Å². The van der Waals surface area contributed by atoms with Gasteiger partial charge in [-0.15, -0.1) is 12.4 Å². The molecule has 24 heavy (non-hydrogen) atoms. The van der Waals surface area contributed by atoms with Gasteiger partial charge >= 0.3 is 0 Å². The molecule has 1 saturated heterocycles. The summed E-state index contributed by atoms with van der Waals surface area (Å²) < 4.78 is 10.3. The van der Waals surface area contributed by atoms with Crippen molar-refractivity contribution in [1.29, 1.82) is 0 Å². The molecule has 3 unspecified atom stereocenters. The highest BCUT2D eigenvalue weighted by atomic mass is 35.5. The molecule has 2 rings (SSSR count). The molecule has 1 aromatic heterocycles. The molecule has 1 aromatic rings.